The van der Waals surface area contributed by atoms with Crippen LogP contribution in [0.3, 0.4) is 0 Å². The standard InChI is InChI=1S/C17H14Cl2N4O2S/c1-10-4-2-7-13(18)16(10)25-15-9-14(19)20-17(21-15)23-26-12-6-3-5-11(8-12)22-24/h2-9,22,24H,1H3,(H,20,21,23). The highest BCUT2D eigenvalue weighted by atomic mass is 35.5. The number of para-hydroxylation sites is 1. The summed E-state index contributed by atoms with van der Waals surface area (Å²) in [7, 11) is 0. The topological polar surface area (TPSA) is 79.3 Å². The fourth-order valence-corrected chi connectivity index (χ4v) is 3.15. The number of aromatic nitrogens is 2. The minimum absolute atomic E-state index is 0.230. The molecule has 9 heteroatoms. The molecule has 0 aliphatic heterocycles. The fraction of sp³-hybridized carbons (Fsp3) is 0.0588. The molecule has 6 nitrogen and oxygen atoms in total. The van der Waals surface area contributed by atoms with E-state index >= 15 is 0 Å². The Hall–Kier alpha value is -2.19. The molecule has 0 bridgehead atoms. The molecule has 3 aromatic rings. The van der Waals surface area contributed by atoms with Crippen LogP contribution in [0.15, 0.2) is 53.4 Å². The zero-order chi connectivity index (χ0) is 18.5. The third kappa shape index (κ3) is 4.70. The summed E-state index contributed by atoms with van der Waals surface area (Å²) in [5, 5.41) is 9.67. The molecule has 0 atom stereocenters. The average Bonchev–Trinajstić information content (AvgIpc) is 2.63. The highest BCUT2D eigenvalue weighted by Crippen LogP contribution is 2.33. The number of ether oxygens (including phenoxy) is 1. The van der Waals surface area contributed by atoms with E-state index in [4.69, 9.17) is 33.1 Å². The Morgan fingerprint density at radius 2 is 1.88 bits per heavy atom. The van der Waals surface area contributed by atoms with Gasteiger partial charge in [0, 0.05) is 11.0 Å². The number of halogens is 2. The molecule has 1 heterocycles. The van der Waals surface area contributed by atoms with E-state index in [9.17, 15) is 0 Å². The zero-order valence-corrected chi connectivity index (χ0v) is 15.9. The van der Waals surface area contributed by atoms with Crippen LogP contribution in [0.1, 0.15) is 5.56 Å². The van der Waals surface area contributed by atoms with Crippen LogP contribution in [0.4, 0.5) is 11.6 Å². The van der Waals surface area contributed by atoms with Crippen LogP contribution in [0, 0.1) is 6.92 Å². The molecule has 0 saturated heterocycles. The van der Waals surface area contributed by atoms with E-state index in [1.807, 2.05) is 25.1 Å². The van der Waals surface area contributed by atoms with Crippen molar-refractivity contribution in [3.05, 3.63) is 64.3 Å². The predicted octanol–water partition coefficient (Wildman–Crippen LogP) is 5.80. The van der Waals surface area contributed by atoms with Crippen LogP contribution in [0.2, 0.25) is 10.2 Å². The van der Waals surface area contributed by atoms with Crippen LogP contribution >= 0.6 is 35.1 Å². The SMILES string of the molecule is Cc1cccc(Cl)c1Oc1cc(Cl)nc(NSc2cccc(NO)c2)n1. The summed E-state index contributed by atoms with van der Waals surface area (Å²) in [4.78, 5) is 9.26. The minimum Gasteiger partial charge on any atom is -0.437 e. The third-order valence-corrected chi connectivity index (χ3v) is 4.53. The number of rotatable bonds is 6. The molecule has 0 fully saturated rings. The van der Waals surface area contributed by atoms with Crippen molar-refractivity contribution >= 4 is 46.8 Å². The van der Waals surface area contributed by atoms with Crippen molar-refractivity contribution in [2.45, 2.75) is 11.8 Å². The quantitative estimate of drug-likeness (QED) is 0.270. The van der Waals surface area contributed by atoms with Gasteiger partial charge < -0.3 is 4.74 Å². The number of hydrogen-bond donors (Lipinski definition) is 3. The molecule has 0 amide bonds. The van der Waals surface area contributed by atoms with Gasteiger partial charge in [0.15, 0.2) is 5.75 Å². The molecule has 0 radical (unpaired) electrons. The molecule has 3 N–H and O–H groups in total. The molecule has 2 aromatic carbocycles. The van der Waals surface area contributed by atoms with Gasteiger partial charge >= 0.3 is 0 Å². The summed E-state index contributed by atoms with van der Waals surface area (Å²) in [6.45, 7) is 1.89. The maximum Gasteiger partial charge on any atom is 0.237 e. The van der Waals surface area contributed by atoms with E-state index in [-0.39, 0.29) is 17.0 Å². The molecule has 134 valence electrons. The molecule has 0 aliphatic carbocycles. The van der Waals surface area contributed by atoms with Gasteiger partial charge in [-0.25, -0.2) is 4.98 Å². The van der Waals surface area contributed by atoms with Crippen LogP contribution in [0.5, 0.6) is 11.6 Å². The molecule has 3 rings (SSSR count). The van der Waals surface area contributed by atoms with Crippen LogP contribution in [0.25, 0.3) is 0 Å². The maximum absolute atomic E-state index is 8.96. The predicted molar refractivity (Wildman–Crippen MR) is 105 cm³/mol. The Labute approximate surface area is 164 Å². The Morgan fingerprint density at radius 1 is 1.08 bits per heavy atom. The van der Waals surface area contributed by atoms with Gasteiger partial charge in [-0.1, -0.05) is 41.4 Å². The van der Waals surface area contributed by atoms with Crippen molar-refractivity contribution in [1.29, 1.82) is 0 Å². The first-order valence-corrected chi connectivity index (χ1v) is 9.03. The molecule has 0 aliphatic rings. The lowest BCUT2D eigenvalue weighted by Gasteiger charge is -2.11. The van der Waals surface area contributed by atoms with Crippen LogP contribution < -0.4 is 14.9 Å². The first-order chi connectivity index (χ1) is 12.5. The number of nitrogens with zero attached hydrogens (tertiary/aromatic N) is 2. The molecule has 0 unspecified atom stereocenters. The molecule has 26 heavy (non-hydrogen) atoms. The van der Waals surface area contributed by atoms with Crippen molar-refractivity contribution in [2.75, 3.05) is 10.2 Å². The van der Waals surface area contributed by atoms with Gasteiger partial charge in [0.2, 0.25) is 11.8 Å². The van der Waals surface area contributed by atoms with E-state index in [2.05, 4.69) is 20.2 Å². The second-order valence-electron chi connectivity index (χ2n) is 5.18. The molecular weight excluding hydrogens is 395 g/mol. The highest BCUT2D eigenvalue weighted by molar-refractivity contribution is 8.00. The maximum atomic E-state index is 8.96. The van der Waals surface area contributed by atoms with Gasteiger partial charge in [-0.3, -0.25) is 15.4 Å². The van der Waals surface area contributed by atoms with Gasteiger partial charge in [0.05, 0.1) is 10.7 Å². The van der Waals surface area contributed by atoms with E-state index < -0.39 is 0 Å². The average molecular weight is 409 g/mol. The number of benzene rings is 2. The van der Waals surface area contributed by atoms with Crippen molar-refractivity contribution in [1.82, 2.24) is 9.97 Å². The van der Waals surface area contributed by atoms with Gasteiger partial charge in [-0.05, 0) is 48.7 Å². The molecule has 1 aromatic heterocycles. The smallest absolute Gasteiger partial charge is 0.237 e. The van der Waals surface area contributed by atoms with Crippen molar-refractivity contribution in [3.8, 4) is 11.6 Å². The van der Waals surface area contributed by atoms with Crippen molar-refractivity contribution in [2.24, 2.45) is 0 Å². The number of nitrogens with one attached hydrogen (secondary N) is 2. The van der Waals surface area contributed by atoms with E-state index in [0.717, 1.165) is 10.5 Å². The monoisotopic (exact) mass is 408 g/mol. The Bertz CT molecular complexity index is 907. The van der Waals surface area contributed by atoms with Crippen molar-refractivity contribution in [3.63, 3.8) is 0 Å². The number of anilines is 2. The normalized spacial score (nSPS) is 10.5. The lowest BCUT2D eigenvalue weighted by Crippen LogP contribution is -1.98. The van der Waals surface area contributed by atoms with Gasteiger partial charge in [0.1, 0.15) is 5.15 Å². The van der Waals surface area contributed by atoms with E-state index in [1.165, 1.54) is 18.0 Å². The minimum atomic E-state index is 0.230. The number of aryl methyl sites for hydroxylation is 1. The second-order valence-corrected chi connectivity index (χ2v) is 6.86. The van der Waals surface area contributed by atoms with E-state index in [1.54, 1.807) is 24.3 Å². The molecule has 0 spiro atoms. The number of hydrogen-bond acceptors (Lipinski definition) is 7. The Balaban J connectivity index is 1.77. The fourth-order valence-electron chi connectivity index (χ4n) is 2.08. The molecule has 0 saturated carbocycles. The summed E-state index contributed by atoms with van der Waals surface area (Å²) < 4.78 is 8.79. The summed E-state index contributed by atoms with van der Waals surface area (Å²) >= 11 is 13.5. The Morgan fingerprint density at radius 3 is 2.65 bits per heavy atom. The summed E-state index contributed by atoms with van der Waals surface area (Å²) in [5.74, 6) is 1.07. The highest BCUT2D eigenvalue weighted by Gasteiger charge is 2.10. The van der Waals surface area contributed by atoms with Gasteiger partial charge in [0.25, 0.3) is 0 Å². The van der Waals surface area contributed by atoms with Crippen LogP contribution in [-0.2, 0) is 0 Å². The van der Waals surface area contributed by atoms with Crippen molar-refractivity contribution < 1.29 is 9.94 Å². The largest absolute Gasteiger partial charge is 0.437 e. The Kier molecular flexibility index (Phi) is 6.05. The second kappa shape index (κ2) is 8.46. The van der Waals surface area contributed by atoms with Crippen LogP contribution in [-0.4, -0.2) is 15.2 Å². The third-order valence-electron chi connectivity index (χ3n) is 3.27. The van der Waals surface area contributed by atoms with Gasteiger partial charge in [-0.2, -0.15) is 4.98 Å². The molecular formula is C17H14Cl2N4O2S. The van der Waals surface area contributed by atoms with E-state index in [0.29, 0.717) is 16.5 Å². The lowest BCUT2D eigenvalue weighted by atomic mass is 10.2. The zero-order valence-electron chi connectivity index (χ0n) is 13.5. The lowest BCUT2D eigenvalue weighted by molar-refractivity contribution is 0.389. The summed E-state index contributed by atoms with van der Waals surface area (Å²) in [6, 6.07) is 14.1. The van der Waals surface area contributed by atoms with Gasteiger partial charge in [-0.15, -0.1) is 0 Å². The summed E-state index contributed by atoms with van der Waals surface area (Å²) in [6.07, 6.45) is 0. The summed E-state index contributed by atoms with van der Waals surface area (Å²) in [5.41, 5.74) is 3.55. The first kappa shape index (κ1) is 18.6. The first-order valence-electron chi connectivity index (χ1n) is 7.46.